The van der Waals surface area contributed by atoms with E-state index in [2.05, 4.69) is 15.4 Å². The quantitative estimate of drug-likeness (QED) is 0.853. The zero-order valence-corrected chi connectivity index (χ0v) is 12.8. The molecule has 2 heterocycles. The summed E-state index contributed by atoms with van der Waals surface area (Å²) in [6.45, 7) is 1.67. The van der Waals surface area contributed by atoms with Crippen molar-refractivity contribution in [2.24, 2.45) is 0 Å². The summed E-state index contributed by atoms with van der Waals surface area (Å²) < 4.78 is 44.5. The van der Waals surface area contributed by atoms with Gasteiger partial charge in [-0.3, -0.25) is 0 Å². The number of nitrogens with zero attached hydrogens (tertiary/aromatic N) is 3. The molecule has 1 aliphatic heterocycles. The summed E-state index contributed by atoms with van der Waals surface area (Å²) in [4.78, 5) is 16.2. The van der Waals surface area contributed by atoms with Crippen molar-refractivity contribution in [1.82, 2.24) is 14.8 Å². The third kappa shape index (κ3) is 2.61. The number of aromatic nitrogens is 3. The average Bonchev–Trinajstić information content (AvgIpc) is 3.00. The maximum atomic E-state index is 12.8. The zero-order chi connectivity index (χ0) is 17.5. The summed E-state index contributed by atoms with van der Waals surface area (Å²) in [5.41, 5.74) is 0.470. The summed E-state index contributed by atoms with van der Waals surface area (Å²) in [5.74, 6) is -0.198. The van der Waals surface area contributed by atoms with Gasteiger partial charge in [-0.1, -0.05) is 12.1 Å². The highest BCUT2D eigenvalue weighted by Crippen LogP contribution is 2.36. The Morgan fingerprint density at radius 3 is 2.54 bits per heavy atom. The van der Waals surface area contributed by atoms with Crippen LogP contribution in [0, 0.1) is 0 Å². The maximum Gasteiger partial charge on any atom is 0.416 e. The van der Waals surface area contributed by atoms with Crippen LogP contribution in [0.4, 0.5) is 19.1 Å². The Hall–Kier alpha value is -2.84. The number of alkyl halides is 3. The van der Waals surface area contributed by atoms with Crippen LogP contribution in [0.5, 0.6) is 0 Å². The van der Waals surface area contributed by atoms with Gasteiger partial charge in [0.25, 0.3) is 0 Å². The summed E-state index contributed by atoms with van der Waals surface area (Å²) in [6.07, 6.45) is -3.13. The number of anilines is 1. The van der Waals surface area contributed by atoms with Crippen molar-refractivity contribution in [2.75, 3.05) is 12.4 Å². The van der Waals surface area contributed by atoms with Gasteiger partial charge in [-0.2, -0.15) is 23.3 Å². The Bertz CT molecular complexity index is 809. The molecule has 0 amide bonds. The molecule has 0 bridgehead atoms. The molecule has 1 atom stereocenters. The molecule has 1 unspecified atom stereocenters. The van der Waals surface area contributed by atoms with Crippen molar-refractivity contribution < 1.29 is 22.7 Å². The van der Waals surface area contributed by atoms with Crippen LogP contribution in [0.25, 0.3) is 0 Å². The topological polar surface area (TPSA) is 69.0 Å². The number of hydrogen-bond acceptors (Lipinski definition) is 5. The molecular formula is C15H13F3N4O2. The van der Waals surface area contributed by atoms with Gasteiger partial charge in [-0.25, -0.2) is 9.48 Å². The first kappa shape index (κ1) is 16.0. The maximum absolute atomic E-state index is 12.8. The highest BCUT2D eigenvalue weighted by Gasteiger charge is 2.35. The largest absolute Gasteiger partial charge is 0.466 e. The molecule has 126 valence electrons. The van der Waals surface area contributed by atoms with Crippen LogP contribution in [-0.4, -0.2) is 27.8 Å². The van der Waals surface area contributed by atoms with Crippen molar-refractivity contribution in [3.8, 4) is 0 Å². The fraction of sp³-hybridized carbons (Fsp3) is 0.267. The smallest absolute Gasteiger partial charge is 0.416 e. The number of carbonyl (C=O) groups is 1. The zero-order valence-electron chi connectivity index (χ0n) is 12.8. The first-order chi connectivity index (χ1) is 11.3. The van der Waals surface area contributed by atoms with Gasteiger partial charge in [0.1, 0.15) is 12.4 Å². The number of carbonyl (C=O) groups excluding carboxylic acids is 1. The van der Waals surface area contributed by atoms with Crippen LogP contribution in [0.3, 0.4) is 0 Å². The van der Waals surface area contributed by atoms with E-state index in [1.165, 1.54) is 30.3 Å². The van der Waals surface area contributed by atoms with Crippen molar-refractivity contribution in [3.63, 3.8) is 0 Å². The van der Waals surface area contributed by atoms with Gasteiger partial charge in [-0.15, -0.1) is 0 Å². The molecule has 1 aromatic carbocycles. The van der Waals surface area contributed by atoms with E-state index in [4.69, 9.17) is 4.74 Å². The van der Waals surface area contributed by atoms with Crippen LogP contribution >= 0.6 is 0 Å². The SMILES string of the molecule is COC(=O)C1=C(C)Nc2ncnn2C1c1ccc(C(F)(F)F)cc1. The third-order valence-electron chi connectivity index (χ3n) is 3.75. The third-order valence-corrected chi connectivity index (χ3v) is 3.75. The van der Waals surface area contributed by atoms with E-state index < -0.39 is 23.8 Å². The van der Waals surface area contributed by atoms with Crippen molar-refractivity contribution >= 4 is 11.9 Å². The van der Waals surface area contributed by atoms with E-state index in [1.807, 2.05) is 0 Å². The minimum Gasteiger partial charge on any atom is -0.466 e. The van der Waals surface area contributed by atoms with Gasteiger partial charge in [-0.05, 0) is 24.6 Å². The van der Waals surface area contributed by atoms with Gasteiger partial charge < -0.3 is 10.1 Å². The molecule has 6 nitrogen and oxygen atoms in total. The second-order valence-electron chi connectivity index (χ2n) is 5.21. The Morgan fingerprint density at radius 1 is 1.29 bits per heavy atom. The van der Waals surface area contributed by atoms with Crippen molar-refractivity contribution in [1.29, 1.82) is 0 Å². The number of rotatable bonds is 2. The van der Waals surface area contributed by atoms with E-state index in [-0.39, 0.29) is 5.57 Å². The minimum atomic E-state index is -4.43. The molecule has 0 aliphatic carbocycles. The number of halogens is 3. The van der Waals surface area contributed by atoms with E-state index in [0.717, 1.165) is 12.1 Å². The van der Waals surface area contributed by atoms with E-state index >= 15 is 0 Å². The molecule has 3 rings (SSSR count). The molecular weight excluding hydrogens is 325 g/mol. The van der Waals surface area contributed by atoms with Crippen molar-refractivity contribution in [3.05, 3.63) is 53.0 Å². The van der Waals surface area contributed by atoms with Crippen LogP contribution in [0.1, 0.15) is 24.1 Å². The first-order valence-corrected chi connectivity index (χ1v) is 6.95. The fourth-order valence-corrected chi connectivity index (χ4v) is 2.63. The molecule has 0 radical (unpaired) electrons. The van der Waals surface area contributed by atoms with E-state index in [0.29, 0.717) is 17.2 Å². The predicted molar refractivity (Wildman–Crippen MR) is 77.9 cm³/mol. The summed E-state index contributed by atoms with van der Waals surface area (Å²) in [6, 6.07) is 3.86. The number of ether oxygens (including phenoxy) is 1. The van der Waals surface area contributed by atoms with Gasteiger partial charge in [0.05, 0.1) is 18.2 Å². The molecule has 1 N–H and O–H groups in total. The second kappa shape index (κ2) is 5.66. The van der Waals surface area contributed by atoms with Crippen molar-refractivity contribution in [2.45, 2.75) is 19.1 Å². The number of allylic oxidation sites excluding steroid dienone is 1. The number of methoxy groups -OCH3 is 1. The number of fused-ring (bicyclic) bond motifs is 1. The molecule has 2 aromatic rings. The Kier molecular flexibility index (Phi) is 3.78. The average molecular weight is 338 g/mol. The van der Waals surface area contributed by atoms with Gasteiger partial charge >= 0.3 is 12.1 Å². The molecule has 0 saturated heterocycles. The van der Waals surface area contributed by atoms with Crippen LogP contribution < -0.4 is 5.32 Å². The standard InChI is InChI=1S/C15H13F3N4O2/c1-8-11(13(23)24-2)12(22-14(21-8)19-7-20-22)9-3-5-10(6-4-9)15(16,17)18/h3-7,12H,1-2H3,(H,19,20,21). The minimum absolute atomic E-state index is 0.259. The normalized spacial score (nSPS) is 17.3. The Balaban J connectivity index is 2.11. The first-order valence-electron chi connectivity index (χ1n) is 6.95. The van der Waals surface area contributed by atoms with Gasteiger partial charge in [0.15, 0.2) is 0 Å². The van der Waals surface area contributed by atoms with E-state index in [1.54, 1.807) is 6.92 Å². The highest BCUT2D eigenvalue weighted by atomic mass is 19.4. The predicted octanol–water partition coefficient (Wildman–Crippen LogP) is 2.76. The van der Waals surface area contributed by atoms with E-state index in [9.17, 15) is 18.0 Å². The molecule has 0 spiro atoms. The molecule has 9 heteroatoms. The summed E-state index contributed by atoms with van der Waals surface area (Å²) in [7, 11) is 1.24. The fourth-order valence-electron chi connectivity index (χ4n) is 2.63. The number of nitrogens with one attached hydrogen (secondary N) is 1. The number of esters is 1. The second-order valence-corrected chi connectivity index (χ2v) is 5.21. The molecule has 24 heavy (non-hydrogen) atoms. The lowest BCUT2D eigenvalue weighted by atomic mass is 9.95. The lowest BCUT2D eigenvalue weighted by molar-refractivity contribution is -0.138. The van der Waals surface area contributed by atoms with Crippen LogP contribution in [0.15, 0.2) is 41.9 Å². The molecule has 1 aliphatic rings. The number of hydrogen-bond donors (Lipinski definition) is 1. The lowest BCUT2D eigenvalue weighted by Crippen LogP contribution is -2.29. The monoisotopic (exact) mass is 338 g/mol. The molecule has 1 aromatic heterocycles. The Labute approximate surface area is 134 Å². The highest BCUT2D eigenvalue weighted by molar-refractivity contribution is 5.92. The Morgan fingerprint density at radius 2 is 1.96 bits per heavy atom. The van der Waals surface area contributed by atoms with Gasteiger partial charge in [0.2, 0.25) is 5.95 Å². The van der Waals surface area contributed by atoms with Crippen LogP contribution in [0.2, 0.25) is 0 Å². The molecule has 0 fully saturated rings. The lowest BCUT2D eigenvalue weighted by Gasteiger charge is -2.28. The number of benzene rings is 1. The van der Waals surface area contributed by atoms with Gasteiger partial charge in [0, 0.05) is 5.70 Å². The molecule has 0 saturated carbocycles. The summed E-state index contributed by atoms with van der Waals surface area (Å²) >= 11 is 0. The summed E-state index contributed by atoms with van der Waals surface area (Å²) in [5, 5.41) is 6.99. The van der Waals surface area contributed by atoms with Crippen LogP contribution in [-0.2, 0) is 15.7 Å².